The SMILES string of the molecule is CCn1c(SCC(=O)N2CCCCCCC2)nnc1-c1ccncc1. The molecule has 134 valence electrons. The van der Waals surface area contributed by atoms with E-state index in [-0.39, 0.29) is 5.91 Å². The van der Waals surface area contributed by atoms with Crippen LogP contribution in [0, 0.1) is 0 Å². The molecule has 0 atom stereocenters. The maximum absolute atomic E-state index is 12.6. The van der Waals surface area contributed by atoms with Gasteiger partial charge in [-0.1, -0.05) is 31.0 Å². The fourth-order valence-corrected chi connectivity index (χ4v) is 4.01. The number of hydrogen-bond donors (Lipinski definition) is 0. The van der Waals surface area contributed by atoms with E-state index in [4.69, 9.17) is 0 Å². The lowest BCUT2D eigenvalue weighted by atomic mass is 10.1. The van der Waals surface area contributed by atoms with E-state index in [9.17, 15) is 4.79 Å². The summed E-state index contributed by atoms with van der Waals surface area (Å²) in [5, 5.41) is 9.41. The van der Waals surface area contributed by atoms with Gasteiger partial charge in [-0.2, -0.15) is 0 Å². The summed E-state index contributed by atoms with van der Waals surface area (Å²) in [6.07, 6.45) is 9.51. The fraction of sp³-hybridized carbons (Fsp3) is 0.556. The number of rotatable bonds is 5. The molecular weight excluding hydrogens is 334 g/mol. The molecule has 0 saturated carbocycles. The van der Waals surface area contributed by atoms with E-state index in [0.717, 1.165) is 49.0 Å². The Balaban J connectivity index is 1.65. The lowest BCUT2D eigenvalue weighted by Crippen LogP contribution is -2.35. The molecule has 1 fully saturated rings. The molecule has 1 aliphatic heterocycles. The van der Waals surface area contributed by atoms with Crippen LogP contribution in [0.15, 0.2) is 29.7 Å². The van der Waals surface area contributed by atoms with Crippen molar-refractivity contribution in [3.8, 4) is 11.4 Å². The van der Waals surface area contributed by atoms with Crippen molar-refractivity contribution in [2.45, 2.75) is 50.7 Å². The molecule has 1 saturated heterocycles. The van der Waals surface area contributed by atoms with Gasteiger partial charge in [0.05, 0.1) is 5.75 Å². The van der Waals surface area contributed by atoms with E-state index in [2.05, 4.69) is 26.7 Å². The van der Waals surface area contributed by atoms with Crippen molar-refractivity contribution in [3.63, 3.8) is 0 Å². The second-order valence-corrected chi connectivity index (χ2v) is 7.17. The predicted octanol–water partition coefficient (Wildman–Crippen LogP) is 3.24. The topological polar surface area (TPSA) is 63.9 Å². The van der Waals surface area contributed by atoms with Gasteiger partial charge in [-0.3, -0.25) is 9.78 Å². The van der Waals surface area contributed by atoms with Crippen LogP contribution in [-0.2, 0) is 11.3 Å². The largest absolute Gasteiger partial charge is 0.342 e. The zero-order valence-electron chi connectivity index (χ0n) is 14.7. The number of nitrogens with zero attached hydrogens (tertiary/aromatic N) is 5. The van der Waals surface area contributed by atoms with Crippen molar-refractivity contribution in [1.29, 1.82) is 0 Å². The highest BCUT2D eigenvalue weighted by molar-refractivity contribution is 7.99. The Kier molecular flexibility index (Phi) is 6.44. The van der Waals surface area contributed by atoms with E-state index in [0.29, 0.717) is 5.75 Å². The minimum atomic E-state index is 0.211. The number of aromatic nitrogens is 4. The number of pyridine rings is 1. The number of thioether (sulfide) groups is 1. The second-order valence-electron chi connectivity index (χ2n) is 6.22. The van der Waals surface area contributed by atoms with Crippen LogP contribution in [-0.4, -0.2) is 49.4 Å². The van der Waals surface area contributed by atoms with E-state index < -0.39 is 0 Å². The van der Waals surface area contributed by atoms with Crippen molar-refractivity contribution in [2.75, 3.05) is 18.8 Å². The number of carbonyl (C=O) groups is 1. The maximum atomic E-state index is 12.6. The molecule has 25 heavy (non-hydrogen) atoms. The molecule has 7 heteroatoms. The number of likely N-dealkylation sites (tertiary alicyclic amines) is 1. The van der Waals surface area contributed by atoms with Gasteiger partial charge in [0.15, 0.2) is 11.0 Å². The monoisotopic (exact) mass is 359 g/mol. The third kappa shape index (κ3) is 4.60. The molecule has 0 aliphatic carbocycles. The lowest BCUT2D eigenvalue weighted by molar-refractivity contribution is -0.128. The molecule has 0 bridgehead atoms. The predicted molar refractivity (Wildman–Crippen MR) is 99.3 cm³/mol. The molecule has 2 aromatic heterocycles. The molecule has 0 aromatic carbocycles. The normalized spacial score (nSPS) is 15.6. The second kappa shape index (κ2) is 8.99. The molecule has 3 heterocycles. The van der Waals surface area contributed by atoms with Crippen LogP contribution in [0.25, 0.3) is 11.4 Å². The first kappa shape index (κ1) is 17.9. The molecule has 1 aliphatic rings. The van der Waals surface area contributed by atoms with Crippen molar-refractivity contribution in [2.24, 2.45) is 0 Å². The van der Waals surface area contributed by atoms with E-state index in [1.54, 1.807) is 12.4 Å². The van der Waals surface area contributed by atoms with Crippen molar-refractivity contribution in [3.05, 3.63) is 24.5 Å². The average molecular weight is 359 g/mol. The Hall–Kier alpha value is -1.89. The summed E-state index contributed by atoms with van der Waals surface area (Å²) in [4.78, 5) is 18.6. The quantitative estimate of drug-likeness (QED) is 0.767. The molecule has 2 aromatic rings. The van der Waals surface area contributed by atoms with E-state index >= 15 is 0 Å². The highest BCUT2D eigenvalue weighted by Crippen LogP contribution is 2.24. The van der Waals surface area contributed by atoms with E-state index in [1.807, 2.05) is 17.0 Å². The van der Waals surface area contributed by atoms with Crippen LogP contribution >= 0.6 is 11.8 Å². The molecule has 6 nitrogen and oxygen atoms in total. The first-order valence-corrected chi connectivity index (χ1v) is 10.0. The highest BCUT2D eigenvalue weighted by Gasteiger charge is 2.18. The van der Waals surface area contributed by atoms with Crippen LogP contribution in [0.3, 0.4) is 0 Å². The molecule has 0 radical (unpaired) electrons. The molecular formula is C18H25N5OS. The summed E-state index contributed by atoms with van der Waals surface area (Å²) in [5.74, 6) is 1.46. The van der Waals surface area contributed by atoms with Gasteiger partial charge >= 0.3 is 0 Å². The first-order chi connectivity index (χ1) is 12.3. The average Bonchev–Trinajstić information content (AvgIpc) is 3.03. The van der Waals surface area contributed by atoms with Gasteiger partial charge in [0.25, 0.3) is 0 Å². The van der Waals surface area contributed by atoms with Gasteiger partial charge in [-0.05, 0) is 31.9 Å². The van der Waals surface area contributed by atoms with E-state index in [1.165, 1.54) is 31.0 Å². The van der Waals surface area contributed by atoms with Gasteiger partial charge in [0, 0.05) is 37.6 Å². The number of amides is 1. The van der Waals surface area contributed by atoms with Gasteiger partial charge in [-0.15, -0.1) is 10.2 Å². The lowest BCUT2D eigenvalue weighted by Gasteiger charge is -2.24. The van der Waals surface area contributed by atoms with Gasteiger partial charge in [0.2, 0.25) is 5.91 Å². The summed E-state index contributed by atoms with van der Waals surface area (Å²) in [5.41, 5.74) is 0.992. The first-order valence-electron chi connectivity index (χ1n) is 9.03. The standard InChI is InChI=1S/C18H25N5OS/c1-2-23-17(15-8-10-19-11-9-15)20-21-18(23)25-14-16(24)22-12-6-4-3-5-7-13-22/h8-11H,2-7,12-14H2,1H3. The Morgan fingerprint density at radius 2 is 1.76 bits per heavy atom. The summed E-state index contributed by atoms with van der Waals surface area (Å²) in [7, 11) is 0. The van der Waals surface area contributed by atoms with Gasteiger partial charge < -0.3 is 9.47 Å². The zero-order valence-corrected chi connectivity index (χ0v) is 15.5. The zero-order chi connectivity index (χ0) is 17.5. The van der Waals surface area contributed by atoms with Gasteiger partial charge in [0.1, 0.15) is 0 Å². The third-order valence-electron chi connectivity index (χ3n) is 4.51. The minimum Gasteiger partial charge on any atom is -0.342 e. The maximum Gasteiger partial charge on any atom is 0.233 e. The van der Waals surface area contributed by atoms with Crippen LogP contribution in [0.2, 0.25) is 0 Å². The summed E-state index contributed by atoms with van der Waals surface area (Å²) < 4.78 is 2.06. The van der Waals surface area contributed by atoms with Crippen LogP contribution in [0.4, 0.5) is 0 Å². The molecule has 0 N–H and O–H groups in total. The Morgan fingerprint density at radius 1 is 1.08 bits per heavy atom. The number of hydrogen-bond acceptors (Lipinski definition) is 5. The molecule has 1 amide bonds. The summed E-state index contributed by atoms with van der Waals surface area (Å²) >= 11 is 1.48. The summed E-state index contributed by atoms with van der Waals surface area (Å²) in [6, 6.07) is 3.85. The molecule has 0 unspecified atom stereocenters. The summed E-state index contributed by atoms with van der Waals surface area (Å²) in [6.45, 7) is 4.62. The Morgan fingerprint density at radius 3 is 2.44 bits per heavy atom. The Bertz CT molecular complexity index is 680. The van der Waals surface area contributed by atoms with Crippen molar-refractivity contribution in [1.82, 2.24) is 24.6 Å². The van der Waals surface area contributed by atoms with Crippen LogP contribution in [0.1, 0.15) is 39.0 Å². The third-order valence-corrected chi connectivity index (χ3v) is 5.46. The molecule has 0 spiro atoms. The van der Waals surface area contributed by atoms with Crippen LogP contribution in [0.5, 0.6) is 0 Å². The minimum absolute atomic E-state index is 0.211. The molecule has 3 rings (SSSR count). The highest BCUT2D eigenvalue weighted by atomic mass is 32.2. The smallest absolute Gasteiger partial charge is 0.233 e. The van der Waals surface area contributed by atoms with Crippen LogP contribution < -0.4 is 0 Å². The van der Waals surface area contributed by atoms with Crippen molar-refractivity contribution >= 4 is 17.7 Å². The fourth-order valence-electron chi connectivity index (χ4n) is 3.11. The Labute approximate surface area is 153 Å². The van der Waals surface area contributed by atoms with Gasteiger partial charge in [-0.25, -0.2) is 0 Å². The van der Waals surface area contributed by atoms with Crippen molar-refractivity contribution < 1.29 is 4.79 Å². The number of carbonyl (C=O) groups excluding carboxylic acids is 1.